The summed E-state index contributed by atoms with van der Waals surface area (Å²) in [7, 11) is 0. The van der Waals surface area contributed by atoms with Crippen molar-refractivity contribution in [3.05, 3.63) is 21.0 Å². The number of rotatable bonds is 1. The molecule has 0 radical (unpaired) electrons. The number of nitrogens with two attached hydrogens (primary N) is 1. The van der Waals surface area contributed by atoms with Crippen LogP contribution in [0.15, 0.2) is 6.20 Å². The molecule has 2 nitrogen and oxygen atoms in total. The van der Waals surface area contributed by atoms with Gasteiger partial charge < -0.3 is 5.73 Å². The molecule has 1 aromatic rings. The molecule has 0 spiro atoms. The van der Waals surface area contributed by atoms with E-state index in [0.717, 1.165) is 6.20 Å². The molecular weight excluding hydrogens is 334 g/mol. The molecule has 8 heteroatoms. The normalized spacial score (nSPS) is 12.2. The average molecular weight is 338 g/mol. The van der Waals surface area contributed by atoms with E-state index in [4.69, 9.17) is 5.73 Å². The molecule has 0 aliphatic carbocycles. The lowest BCUT2D eigenvalue weighted by Gasteiger charge is -2.14. The summed E-state index contributed by atoms with van der Waals surface area (Å²) in [5.41, 5.74) is 1.70. The summed E-state index contributed by atoms with van der Waals surface area (Å²) < 4.78 is 61.3. The number of nitrogens with zero attached hydrogens (tertiary/aromatic N) is 1. The molecule has 0 aliphatic heterocycles. The third-order valence-electron chi connectivity index (χ3n) is 1.59. The van der Waals surface area contributed by atoms with Crippen LogP contribution in [-0.2, 0) is 6.18 Å². The van der Waals surface area contributed by atoms with E-state index >= 15 is 0 Å². The molecule has 0 saturated carbocycles. The minimum Gasteiger partial charge on any atom is -0.397 e. The first kappa shape index (κ1) is 12.4. The van der Waals surface area contributed by atoms with Gasteiger partial charge in [0.2, 0.25) is 0 Å². The van der Waals surface area contributed by atoms with Gasteiger partial charge in [0.05, 0.1) is 11.3 Å². The average Bonchev–Trinajstić information content (AvgIpc) is 2.00. The Bertz CT molecular complexity index is 376. The molecule has 0 aromatic carbocycles. The minimum absolute atomic E-state index is 0.304. The van der Waals surface area contributed by atoms with Gasteiger partial charge in [0.15, 0.2) is 0 Å². The minimum atomic E-state index is -4.76. The highest BCUT2D eigenvalue weighted by Gasteiger charge is 2.37. The summed E-state index contributed by atoms with van der Waals surface area (Å²) in [6.45, 7) is 0. The second-order valence-electron chi connectivity index (χ2n) is 2.58. The number of aromatic nitrogens is 1. The largest absolute Gasteiger partial charge is 0.419 e. The number of nitrogen functional groups attached to an aromatic ring is 1. The Kier molecular flexibility index (Phi) is 3.36. The fourth-order valence-corrected chi connectivity index (χ4v) is 1.71. The molecule has 0 bridgehead atoms. The molecule has 0 aliphatic rings. The van der Waals surface area contributed by atoms with Crippen molar-refractivity contribution in [2.24, 2.45) is 0 Å². The highest BCUT2D eigenvalue weighted by molar-refractivity contribution is 14.1. The Morgan fingerprint density at radius 2 is 1.87 bits per heavy atom. The lowest BCUT2D eigenvalue weighted by Crippen LogP contribution is -2.14. The first-order chi connectivity index (χ1) is 6.75. The zero-order valence-electron chi connectivity index (χ0n) is 6.95. The number of hydrogen-bond donors (Lipinski definition) is 1. The van der Waals surface area contributed by atoms with Crippen LogP contribution in [0.1, 0.15) is 17.7 Å². The van der Waals surface area contributed by atoms with Crippen molar-refractivity contribution in [1.82, 2.24) is 4.98 Å². The van der Waals surface area contributed by atoms with E-state index in [2.05, 4.69) is 4.98 Å². The van der Waals surface area contributed by atoms with Crippen LogP contribution in [0.25, 0.3) is 0 Å². The number of pyridine rings is 1. The van der Waals surface area contributed by atoms with Crippen LogP contribution in [0.5, 0.6) is 0 Å². The van der Waals surface area contributed by atoms with E-state index in [1.165, 1.54) is 22.6 Å². The van der Waals surface area contributed by atoms with Crippen molar-refractivity contribution in [2.45, 2.75) is 12.6 Å². The van der Waals surface area contributed by atoms with Gasteiger partial charge in [-0.05, 0) is 22.6 Å². The summed E-state index contributed by atoms with van der Waals surface area (Å²) in [6, 6.07) is 0. The zero-order valence-corrected chi connectivity index (χ0v) is 9.10. The van der Waals surface area contributed by atoms with Crippen LogP contribution in [0.3, 0.4) is 0 Å². The highest BCUT2D eigenvalue weighted by atomic mass is 127. The Labute approximate surface area is 94.8 Å². The van der Waals surface area contributed by atoms with Crippen molar-refractivity contribution in [3.8, 4) is 0 Å². The lowest BCUT2D eigenvalue weighted by molar-refractivity contribution is -0.137. The molecule has 0 amide bonds. The van der Waals surface area contributed by atoms with Gasteiger partial charge in [0, 0.05) is 9.77 Å². The van der Waals surface area contributed by atoms with E-state index in [1.807, 2.05) is 0 Å². The van der Waals surface area contributed by atoms with Crippen LogP contribution in [0, 0.1) is 3.57 Å². The first-order valence-electron chi connectivity index (χ1n) is 3.54. The number of anilines is 1. The molecule has 84 valence electrons. The van der Waals surface area contributed by atoms with Crippen LogP contribution in [-0.4, -0.2) is 4.98 Å². The topological polar surface area (TPSA) is 38.9 Å². The van der Waals surface area contributed by atoms with Gasteiger partial charge in [-0.3, -0.25) is 4.98 Å². The lowest BCUT2D eigenvalue weighted by atomic mass is 10.1. The van der Waals surface area contributed by atoms with Gasteiger partial charge >= 0.3 is 6.18 Å². The Morgan fingerprint density at radius 1 is 1.33 bits per heavy atom. The smallest absolute Gasteiger partial charge is 0.397 e. The molecular formula is C7H4F5IN2. The number of alkyl halides is 5. The molecule has 0 unspecified atom stereocenters. The third-order valence-corrected chi connectivity index (χ3v) is 2.41. The van der Waals surface area contributed by atoms with Crippen LogP contribution >= 0.6 is 22.6 Å². The van der Waals surface area contributed by atoms with Gasteiger partial charge in [0.1, 0.15) is 5.69 Å². The van der Waals surface area contributed by atoms with Gasteiger partial charge in [-0.25, -0.2) is 8.78 Å². The Balaban J connectivity index is 3.44. The quantitative estimate of drug-likeness (QED) is 0.631. The Morgan fingerprint density at radius 3 is 2.27 bits per heavy atom. The van der Waals surface area contributed by atoms with Crippen molar-refractivity contribution < 1.29 is 22.0 Å². The standard InChI is InChI=1S/C7H4F5IN2/c8-6(9)5-4(14)3(7(10,11)12)2(13)1-15-5/h1,6H,14H2. The van der Waals surface area contributed by atoms with Gasteiger partial charge in [-0.2, -0.15) is 13.2 Å². The number of hydrogen-bond acceptors (Lipinski definition) is 2. The fraction of sp³-hybridized carbons (Fsp3) is 0.286. The maximum absolute atomic E-state index is 12.4. The van der Waals surface area contributed by atoms with Crippen LogP contribution in [0.2, 0.25) is 0 Å². The van der Waals surface area contributed by atoms with Gasteiger partial charge in [-0.1, -0.05) is 0 Å². The summed E-state index contributed by atoms with van der Waals surface area (Å²) in [5.74, 6) is 0. The van der Waals surface area contributed by atoms with Gasteiger partial charge in [0.25, 0.3) is 6.43 Å². The maximum atomic E-state index is 12.4. The maximum Gasteiger partial charge on any atom is 0.419 e. The number of halogens is 6. The van der Waals surface area contributed by atoms with Crippen molar-refractivity contribution in [1.29, 1.82) is 0 Å². The molecule has 15 heavy (non-hydrogen) atoms. The molecule has 2 N–H and O–H groups in total. The molecule has 1 rings (SSSR count). The molecule has 0 fully saturated rings. The van der Waals surface area contributed by atoms with E-state index in [0.29, 0.717) is 0 Å². The zero-order chi connectivity index (χ0) is 11.8. The predicted octanol–water partition coefficient (Wildman–Crippen LogP) is 3.22. The molecule has 1 aromatic heterocycles. The van der Waals surface area contributed by atoms with Crippen LogP contribution < -0.4 is 5.73 Å². The SMILES string of the molecule is Nc1c(C(F)F)ncc(I)c1C(F)(F)F. The summed E-state index contributed by atoms with van der Waals surface area (Å²) in [5, 5.41) is 0. The van der Waals surface area contributed by atoms with Crippen molar-refractivity contribution in [3.63, 3.8) is 0 Å². The summed E-state index contributed by atoms with van der Waals surface area (Å²) in [6.07, 6.45) is -7.16. The predicted molar refractivity (Wildman–Crippen MR) is 51.3 cm³/mol. The molecule has 1 heterocycles. The Hall–Kier alpha value is -0.670. The second kappa shape index (κ2) is 4.06. The first-order valence-corrected chi connectivity index (χ1v) is 4.62. The molecule has 0 atom stereocenters. The third kappa shape index (κ3) is 2.47. The van der Waals surface area contributed by atoms with Crippen LogP contribution in [0.4, 0.5) is 27.6 Å². The van der Waals surface area contributed by atoms with E-state index in [9.17, 15) is 22.0 Å². The van der Waals surface area contributed by atoms with Gasteiger partial charge in [-0.15, -0.1) is 0 Å². The highest BCUT2D eigenvalue weighted by Crippen LogP contribution is 2.39. The monoisotopic (exact) mass is 338 g/mol. The second-order valence-corrected chi connectivity index (χ2v) is 3.74. The van der Waals surface area contributed by atoms with E-state index in [-0.39, 0.29) is 3.57 Å². The fourth-order valence-electron chi connectivity index (χ4n) is 0.979. The van der Waals surface area contributed by atoms with Crippen molar-refractivity contribution in [2.75, 3.05) is 5.73 Å². The summed E-state index contributed by atoms with van der Waals surface area (Å²) >= 11 is 1.34. The van der Waals surface area contributed by atoms with Crippen molar-refractivity contribution >= 4 is 28.3 Å². The molecule has 0 saturated heterocycles. The van der Waals surface area contributed by atoms with E-state index in [1.54, 1.807) is 0 Å². The van der Waals surface area contributed by atoms with E-state index < -0.39 is 29.5 Å². The summed E-state index contributed by atoms with van der Waals surface area (Å²) in [4.78, 5) is 3.17.